The van der Waals surface area contributed by atoms with Crippen LogP contribution in [0.25, 0.3) is 0 Å². The predicted molar refractivity (Wildman–Crippen MR) is 64.9 cm³/mol. The van der Waals surface area contributed by atoms with E-state index in [1.165, 1.54) is 6.20 Å². The lowest BCUT2D eigenvalue weighted by Gasteiger charge is -2.38. The number of fused-ring (bicyclic) bond motifs is 1. The van der Waals surface area contributed by atoms with Crippen molar-refractivity contribution < 1.29 is 9.53 Å². The number of nitrogens with zero attached hydrogens (tertiary/aromatic N) is 4. The average Bonchev–Trinajstić information content (AvgIpc) is 3.01. The Hall–Kier alpha value is -1.90. The van der Waals surface area contributed by atoms with Gasteiger partial charge in [0.25, 0.3) is 0 Å². The summed E-state index contributed by atoms with van der Waals surface area (Å²) in [6.45, 7) is 2.78. The number of carbonyl (C=O) groups excluding carboxylic acids is 1. The highest BCUT2D eigenvalue weighted by atomic mass is 16.5. The van der Waals surface area contributed by atoms with Gasteiger partial charge in [-0.25, -0.2) is 9.48 Å². The Labute approximate surface area is 111 Å². The molecule has 4 rings (SSSR count). The Morgan fingerprint density at radius 3 is 3.05 bits per heavy atom. The minimum Gasteiger partial charge on any atom is -0.461 e. The van der Waals surface area contributed by atoms with Crippen molar-refractivity contribution in [1.82, 2.24) is 15.0 Å². The van der Waals surface area contributed by atoms with Gasteiger partial charge in [0.2, 0.25) is 0 Å². The minimum atomic E-state index is -0.380. The van der Waals surface area contributed by atoms with Gasteiger partial charge in [0, 0.05) is 12.5 Å². The zero-order chi connectivity index (χ0) is 13.5. The van der Waals surface area contributed by atoms with Crippen LogP contribution in [0.4, 0.5) is 0 Å². The number of carbonyl (C=O) groups is 1. The van der Waals surface area contributed by atoms with E-state index in [1.54, 1.807) is 11.6 Å². The lowest BCUT2D eigenvalue weighted by atomic mass is 9.69. The molecule has 3 saturated carbocycles. The summed E-state index contributed by atoms with van der Waals surface area (Å²) < 4.78 is 6.62. The number of ether oxygens (including phenoxy) is 1. The highest BCUT2D eigenvalue weighted by molar-refractivity contribution is 5.87. The number of rotatable bonds is 4. The number of nitriles is 1. The Bertz CT molecular complexity index is 539. The molecule has 19 heavy (non-hydrogen) atoms. The quantitative estimate of drug-likeness (QED) is 0.764. The van der Waals surface area contributed by atoms with E-state index < -0.39 is 0 Å². The van der Waals surface area contributed by atoms with Crippen molar-refractivity contribution >= 4 is 5.97 Å². The van der Waals surface area contributed by atoms with E-state index >= 15 is 0 Å². The van der Waals surface area contributed by atoms with Crippen molar-refractivity contribution in [3.05, 3.63) is 11.9 Å². The molecule has 0 aromatic carbocycles. The molecule has 0 saturated heterocycles. The zero-order valence-electron chi connectivity index (χ0n) is 10.9. The van der Waals surface area contributed by atoms with Crippen LogP contribution >= 0.6 is 0 Å². The van der Waals surface area contributed by atoms with Crippen molar-refractivity contribution in [1.29, 1.82) is 5.26 Å². The molecule has 1 aromatic heterocycles. The van der Waals surface area contributed by atoms with Crippen LogP contribution in [0, 0.1) is 28.6 Å². The summed E-state index contributed by atoms with van der Waals surface area (Å²) >= 11 is 0. The standard InChI is InChI=1S/C13H16N4O2/c1-2-19-12(18)11-7-15-16-17(11)8-13-3-9(4-13)10(5-13)6-14/h7,9-10H,2-5,8H2,1H3. The molecule has 0 radical (unpaired) electrons. The third-order valence-electron chi connectivity index (χ3n) is 4.37. The van der Waals surface area contributed by atoms with E-state index in [2.05, 4.69) is 16.4 Å². The van der Waals surface area contributed by atoms with Crippen molar-refractivity contribution in [3.8, 4) is 6.07 Å². The maximum absolute atomic E-state index is 11.8. The van der Waals surface area contributed by atoms with Crippen molar-refractivity contribution in [2.75, 3.05) is 6.61 Å². The minimum absolute atomic E-state index is 0.139. The Kier molecular flexibility index (Phi) is 2.77. The van der Waals surface area contributed by atoms with Crippen molar-refractivity contribution in [3.63, 3.8) is 0 Å². The predicted octanol–water partition coefficient (Wildman–Crippen LogP) is 1.39. The first kappa shape index (κ1) is 12.2. The van der Waals surface area contributed by atoms with E-state index in [9.17, 15) is 4.79 Å². The van der Waals surface area contributed by atoms with Crippen LogP contribution in [0.1, 0.15) is 36.7 Å². The van der Waals surface area contributed by atoms with Crippen LogP contribution in [-0.2, 0) is 11.3 Å². The molecule has 2 bridgehead atoms. The van der Waals surface area contributed by atoms with Crippen LogP contribution in [0.15, 0.2) is 6.20 Å². The van der Waals surface area contributed by atoms with E-state index in [0.29, 0.717) is 24.8 Å². The second-order valence-corrected chi connectivity index (χ2v) is 5.61. The normalized spacial score (nSPS) is 31.6. The monoisotopic (exact) mass is 260 g/mol. The Morgan fingerprint density at radius 1 is 1.63 bits per heavy atom. The number of esters is 1. The molecule has 6 nitrogen and oxygen atoms in total. The highest BCUT2D eigenvalue weighted by Crippen LogP contribution is 2.62. The van der Waals surface area contributed by atoms with Crippen LogP contribution in [0.2, 0.25) is 0 Å². The molecule has 3 aliphatic rings. The molecule has 0 N–H and O–H groups in total. The fourth-order valence-electron chi connectivity index (χ4n) is 3.54. The molecule has 3 fully saturated rings. The Balaban J connectivity index is 1.74. The molecule has 1 aromatic rings. The summed E-state index contributed by atoms with van der Waals surface area (Å²) in [6, 6.07) is 2.38. The lowest BCUT2D eigenvalue weighted by molar-refractivity contribution is 0.0497. The molecule has 6 heteroatoms. The van der Waals surface area contributed by atoms with Gasteiger partial charge >= 0.3 is 5.97 Å². The summed E-state index contributed by atoms with van der Waals surface area (Å²) in [5.41, 5.74) is 0.542. The molecule has 0 spiro atoms. The number of hydrogen-bond donors (Lipinski definition) is 0. The molecule has 1 atom stereocenters. The second kappa shape index (κ2) is 4.34. The van der Waals surface area contributed by atoms with Gasteiger partial charge in [0.15, 0.2) is 5.69 Å². The molecule has 0 aliphatic heterocycles. The van der Waals surface area contributed by atoms with Crippen molar-refractivity contribution in [2.24, 2.45) is 17.3 Å². The molecule has 0 amide bonds. The third kappa shape index (κ3) is 1.89. The van der Waals surface area contributed by atoms with Gasteiger partial charge in [-0.15, -0.1) is 5.10 Å². The maximum atomic E-state index is 11.8. The summed E-state index contributed by atoms with van der Waals surface area (Å²) in [4.78, 5) is 11.8. The zero-order valence-corrected chi connectivity index (χ0v) is 10.9. The molecular weight excluding hydrogens is 244 g/mol. The fourth-order valence-corrected chi connectivity index (χ4v) is 3.54. The highest BCUT2D eigenvalue weighted by Gasteiger charge is 2.56. The Morgan fingerprint density at radius 2 is 2.42 bits per heavy atom. The largest absolute Gasteiger partial charge is 0.461 e. The van der Waals surface area contributed by atoms with E-state index in [-0.39, 0.29) is 17.3 Å². The second-order valence-electron chi connectivity index (χ2n) is 5.61. The van der Waals surface area contributed by atoms with Gasteiger partial charge in [-0.2, -0.15) is 5.26 Å². The molecule has 100 valence electrons. The number of aromatic nitrogens is 3. The van der Waals surface area contributed by atoms with Gasteiger partial charge in [0.05, 0.1) is 18.9 Å². The SMILES string of the molecule is CCOC(=O)c1cnnn1CC12CC(C#N)C(C1)C2. The summed E-state index contributed by atoms with van der Waals surface area (Å²) in [5.74, 6) is 0.337. The van der Waals surface area contributed by atoms with Crippen LogP contribution in [-0.4, -0.2) is 27.6 Å². The smallest absolute Gasteiger partial charge is 0.358 e. The van der Waals surface area contributed by atoms with Crippen LogP contribution in [0.3, 0.4) is 0 Å². The first-order valence-electron chi connectivity index (χ1n) is 6.63. The van der Waals surface area contributed by atoms with E-state index in [4.69, 9.17) is 10.00 Å². The average molecular weight is 260 g/mol. The van der Waals surface area contributed by atoms with Gasteiger partial charge < -0.3 is 4.74 Å². The first-order valence-corrected chi connectivity index (χ1v) is 6.63. The van der Waals surface area contributed by atoms with E-state index in [0.717, 1.165) is 19.3 Å². The topological polar surface area (TPSA) is 80.8 Å². The molecule has 3 aliphatic carbocycles. The van der Waals surface area contributed by atoms with E-state index in [1.807, 2.05) is 0 Å². The number of hydrogen-bond acceptors (Lipinski definition) is 5. The molecule has 1 unspecified atom stereocenters. The summed E-state index contributed by atoms with van der Waals surface area (Å²) in [7, 11) is 0. The van der Waals surface area contributed by atoms with Gasteiger partial charge in [-0.05, 0) is 37.5 Å². The van der Waals surface area contributed by atoms with Crippen LogP contribution in [0.5, 0.6) is 0 Å². The van der Waals surface area contributed by atoms with Gasteiger partial charge in [-0.1, -0.05) is 5.21 Å². The van der Waals surface area contributed by atoms with Crippen LogP contribution < -0.4 is 0 Å². The van der Waals surface area contributed by atoms with Crippen molar-refractivity contribution in [2.45, 2.75) is 32.7 Å². The third-order valence-corrected chi connectivity index (χ3v) is 4.37. The van der Waals surface area contributed by atoms with Gasteiger partial charge in [-0.3, -0.25) is 0 Å². The summed E-state index contributed by atoms with van der Waals surface area (Å²) in [5, 5.41) is 16.8. The first-order chi connectivity index (χ1) is 9.17. The lowest BCUT2D eigenvalue weighted by Crippen LogP contribution is -2.34. The fraction of sp³-hybridized carbons (Fsp3) is 0.692. The maximum Gasteiger partial charge on any atom is 0.358 e. The molecular formula is C13H16N4O2. The van der Waals surface area contributed by atoms with Gasteiger partial charge in [0.1, 0.15) is 0 Å². The molecule has 1 heterocycles. The summed E-state index contributed by atoms with van der Waals surface area (Å²) in [6.07, 6.45) is 4.48.